The van der Waals surface area contributed by atoms with E-state index in [9.17, 15) is 18.0 Å². The number of hydrogen-bond acceptors (Lipinski definition) is 5. The molecule has 0 saturated heterocycles. The second-order valence-corrected chi connectivity index (χ2v) is 7.63. The predicted molar refractivity (Wildman–Crippen MR) is 124 cm³/mol. The predicted octanol–water partition coefficient (Wildman–Crippen LogP) is 5.01. The summed E-state index contributed by atoms with van der Waals surface area (Å²) in [7, 11) is 1.35. The molecular weight excluding hydrogens is 459 g/mol. The molecule has 2 aromatic heterocycles. The molecule has 1 N–H and O–H groups in total. The van der Waals surface area contributed by atoms with Crippen LogP contribution in [-0.2, 0) is 18.5 Å². The van der Waals surface area contributed by atoms with Gasteiger partial charge in [-0.25, -0.2) is 13.5 Å². The van der Waals surface area contributed by atoms with E-state index >= 15 is 0 Å². The number of anilines is 1. The highest BCUT2D eigenvalue weighted by Gasteiger charge is 2.23. The van der Waals surface area contributed by atoms with Crippen LogP contribution in [-0.4, -0.2) is 26.9 Å². The number of carbonyl (C=O) groups is 1. The van der Waals surface area contributed by atoms with Crippen molar-refractivity contribution < 1.29 is 22.8 Å². The Hall–Kier alpha value is -4.47. The number of oxime groups is 1. The van der Waals surface area contributed by atoms with E-state index in [-0.39, 0.29) is 29.1 Å². The number of benzene rings is 2. The van der Waals surface area contributed by atoms with Gasteiger partial charge in [-0.3, -0.25) is 9.78 Å². The van der Waals surface area contributed by atoms with Crippen LogP contribution in [0, 0.1) is 24.5 Å². The van der Waals surface area contributed by atoms with E-state index in [2.05, 4.69) is 20.6 Å². The summed E-state index contributed by atoms with van der Waals surface area (Å²) in [5.74, 6) is -3.58. The first-order valence-corrected chi connectivity index (χ1v) is 10.5. The zero-order chi connectivity index (χ0) is 24.9. The zero-order valence-corrected chi connectivity index (χ0v) is 18.8. The van der Waals surface area contributed by atoms with Gasteiger partial charge in [-0.15, -0.1) is 0 Å². The maximum atomic E-state index is 14.7. The molecule has 0 aliphatic carbocycles. The average molecular weight is 479 g/mol. The van der Waals surface area contributed by atoms with E-state index in [1.807, 2.05) is 6.07 Å². The molecule has 0 aliphatic rings. The Morgan fingerprint density at radius 3 is 2.60 bits per heavy atom. The summed E-state index contributed by atoms with van der Waals surface area (Å²) in [4.78, 5) is 21.9. The van der Waals surface area contributed by atoms with E-state index in [4.69, 9.17) is 4.84 Å². The lowest BCUT2D eigenvalue weighted by Crippen LogP contribution is -2.16. The Balaban J connectivity index is 1.54. The van der Waals surface area contributed by atoms with Gasteiger partial charge in [0.25, 0.3) is 5.91 Å². The van der Waals surface area contributed by atoms with E-state index in [1.165, 1.54) is 20.2 Å². The minimum Gasteiger partial charge on any atom is -0.391 e. The number of pyridine rings is 1. The van der Waals surface area contributed by atoms with E-state index in [0.29, 0.717) is 17.2 Å². The number of hydrogen-bond donors (Lipinski definition) is 1. The van der Waals surface area contributed by atoms with Crippen LogP contribution < -0.4 is 5.32 Å². The average Bonchev–Trinajstić information content (AvgIpc) is 3.10. The van der Waals surface area contributed by atoms with Crippen LogP contribution in [0.1, 0.15) is 27.2 Å². The van der Waals surface area contributed by atoms with E-state index in [0.717, 1.165) is 16.3 Å². The summed E-state index contributed by atoms with van der Waals surface area (Å²) < 4.78 is 43.9. The molecule has 7 nitrogen and oxygen atoms in total. The van der Waals surface area contributed by atoms with Gasteiger partial charge in [0.05, 0.1) is 17.6 Å². The molecule has 0 unspecified atom stereocenters. The smallest absolute Gasteiger partial charge is 0.262 e. The molecule has 2 heterocycles. The lowest BCUT2D eigenvalue weighted by molar-refractivity contribution is 0.102. The molecule has 0 aliphatic heterocycles. The standard InChI is InChI=1S/C25H20F3N5O2/c1-15-22(24(28)33(2)32-15)25(34)31-23-20(10-19(26)11-21(23)27)18-7-5-16(6-8-18)13-30-35-14-17-4-3-9-29-12-17/h3-13H,14H2,1-2H3,(H,31,34)/b30-13+. The number of rotatable bonds is 7. The lowest BCUT2D eigenvalue weighted by Gasteiger charge is -2.13. The second kappa shape index (κ2) is 10.2. The molecular formula is C25H20F3N5O2. The summed E-state index contributed by atoms with van der Waals surface area (Å²) in [6.07, 6.45) is 4.82. The van der Waals surface area contributed by atoms with Crippen molar-refractivity contribution in [1.82, 2.24) is 14.8 Å². The molecule has 4 aromatic rings. The summed E-state index contributed by atoms with van der Waals surface area (Å²) >= 11 is 0. The minimum atomic E-state index is -0.996. The first-order chi connectivity index (χ1) is 16.8. The van der Waals surface area contributed by atoms with Crippen molar-refractivity contribution in [3.63, 3.8) is 0 Å². The molecule has 0 saturated carbocycles. The highest BCUT2D eigenvalue weighted by Crippen LogP contribution is 2.32. The topological polar surface area (TPSA) is 81.4 Å². The third kappa shape index (κ3) is 5.37. The van der Waals surface area contributed by atoms with Crippen molar-refractivity contribution in [3.05, 3.63) is 101 Å². The Kier molecular flexibility index (Phi) is 6.91. The summed E-state index contributed by atoms with van der Waals surface area (Å²) in [6, 6.07) is 12.0. The Morgan fingerprint density at radius 2 is 1.94 bits per heavy atom. The first-order valence-electron chi connectivity index (χ1n) is 10.5. The van der Waals surface area contributed by atoms with Crippen LogP contribution in [0.25, 0.3) is 11.1 Å². The highest BCUT2D eigenvalue weighted by molar-refractivity contribution is 6.07. The third-order valence-electron chi connectivity index (χ3n) is 5.12. The molecule has 2 aromatic carbocycles. The van der Waals surface area contributed by atoms with Crippen molar-refractivity contribution in [1.29, 1.82) is 0 Å². The molecule has 10 heteroatoms. The second-order valence-electron chi connectivity index (χ2n) is 7.63. The van der Waals surface area contributed by atoms with Gasteiger partial charge >= 0.3 is 0 Å². The van der Waals surface area contributed by atoms with Crippen LogP contribution in [0.4, 0.5) is 18.9 Å². The summed E-state index contributed by atoms with van der Waals surface area (Å²) in [5.41, 5.74) is 1.60. The fraction of sp³-hybridized carbons (Fsp3) is 0.120. The van der Waals surface area contributed by atoms with Crippen LogP contribution in [0.5, 0.6) is 0 Å². The molecule has 35 heavy (non-hydrogen) atoms. The minimum absolute atomic E-state index is 0.0918. The van der Waals surface area contributed by atoms with Crippen LogP contribution >= 0.6 is 0 Å². The van der Waals surface area contributed by atoms with Crippen LogP contribution in [0.3, 0.4) is 0 Å². The molecule has 1 amide bonds. The maximum absolute atomic E-state index is 14.7. The maximum Gasteiger partial charge on any atom is 0.262 e. The normalized spacial score (nSPS) is 11.1. The Bertz CT molecular complexity index is 1390. The van der Waals surface area contributed by atoms with Gasteiger partial charge in [-0.2, -0.15) is 9.49 Å². The number of nitrogens with zero attached hydrogens (tertiary/aromatic N) is 4. The number of aryl methyl sites for hydroxylation is 2. The summed E-state index contributed by atoms with van der Waals surface area (Å²) in [6.45, 7) is 1.71. The quantitative estimate of drug-likeness (QED) is 0.298. The molecule has 4 rings (SSSR count). The largest absolute Gasteiger partial charge is 0.391 e. The van der Waals surface area contributed by atoms with Gasteiger partial charge in [0.2, 0.25) is 5.95 Å². The van der Waals surface area contributed by atoms with E-state index in [1.54, 1.807) is 42.7 Å². The van der Waals surface area contributed by atoms with Gasteiger partial charge in [0, 0.05) is 36.6 Å². The van der Waals surface area contributed by atoms with Crippen LogP contribution in [0.2, 0.25) is 0 Å². The third-order valence-corrected chi connectivity index (χ3v) is 5.12. The number of amides is 1. The monoisotopic (exact) mass is 479 g/mol. The first kappa shape index (κ1) is 23.7. The molecule has 178 valence electrons. The number of halogens is 3. The van der Waals surface area contributed by atoms with Gasteiger partial charge < -0.3 is 10.2 Å². The molecule has 0 radical (unpaired) electrons. The fourth-order valence-corrected chi connectivity index (χ4v) is 3.43. The Labute approximate surface area is 198 Å². The SMILES string of the molecule is Cc1nn(C)c(F)c1C(=O)Nc1c(F)cc(F)cc1-c1ccc(/C=N/OCc2cccnc2)cc1. The summed E-state index contributed by atoms with van der Waals surface area (Å²) in [5, 5.41) is 10.1. The Morgan fingerprint density at radius 1 is 1.17 bits per heavy atom. The fourth-order valence-electron chi connectivity index (χ4n) is 3.43. The van der Waals surface area contributed by atoms with Gasteiger partial charge in [-0.1, -0.05) is 35.5 Å². The molecule has 0 fully saturated rings. The van der Waals surface area contributed by atoms with Crippen LogP contribution in [0.15, 0.2) is 66.1 Å². The molecule has 0 bridgehead atoms. The zero-order valence-electron chi connectivity index (χ0n) is 18.8. The number of aromatic nitrogens is 3. The van der Waals surface area contributed by atoms with Crippen molar-refractivity contribution in [2.45, 2.75) is 13.5 Å². The van der Waals surface area contributed by atoms with Crippen molar-refractivity contribution in [2.24, 2.45) is 12.2 Å². The van der Waals surface area contributed by atoms with Gasteiger partial charge in [0.15, 0.2) is 0 Å². The van der Waals surface area contributed by atoms with Gasteiger partial charge in [-0.05, 0) is 30.2 Å². The van der Waals surface area contributed by atoms with Crippen molar-refractivity contribution in [2.75, 3.05) is 5.32 Å². The number of carbonyl (C=O) groups excluding carboxylic acids is 1. The highest BCUT2D eigenvalue weighted by atomic mass is 19.1. The lowest BCUT2D eigenvalue weighted by atomic mass is 10.0. The van der Waals surface area contributed by atoms with Crippen molar-refractivity contribution in [3.8, 4) is 11.1 Å². The molecule has 0 atom stereocenters. The van der Waals surface area contributed by atoms with Gasteiger partial charge in [0.1, 0.15) is 23.8 Å². The van der Waals surface area contributed by atoms with Crippen molar-refractivity contribution >= 4 is 17.8 Å². The van der Waals surface area contributed by atoms with E-state index < -0.39 is 23.5 Å². The number of nitrogens with one attached hydrogen (secondary N) is 1. The molecule has 0 spiro atoms.